The summed E-state index contributed by atoms with van der Waals surface area (Å²) in [6.07, 6.45) is -2.38. The first kappa shape index (κ1) is 14.6. The van der Waals surface area contributed by atoms with Gasteiger partial charge in [-0.05, 0) is 24.3 Å². The molecule has 1 aromatic carbocycles. The monoisotopic (exact) mass is 296 g/mol. The molecule has 0 saturated carbocycles. The predicted octanol–water partition coefficient (Wildman–Crippen LogP) is 3.24. The molecule has 108 valence electrons. The average molecular weight is 296 g/mol. The van der Waals surface area contributed by atoms with Gasteiger partial charge in [0.25, 0.3) is 5.69 Å². The molecule has 0 bridgehead atoms. The fourth-order valence-corrected chi connectivity index (χ4v) is 1.81. The zero-order valence-corrected chi connectivity index (χ0v) is 10.3. The van der Waals surface area contributed by atoms with Crippen LogP contribution in [0.1, 0.15) is 21.5 Å². The van der Waals surface area contributed by atoms with E-state index in [0.717, 1.165) is 12.1 Å². The largest absolute Gasteiger partial charge is 0.423 e. The summed E-state index contributed by atoms with van der Waals surface area (Å²) in [5.41, 5.74) is -3.28. The number of halogens is 3. The molecule has 0 amide bonds. The Hall–Kier alpha value is -2.77. The van der Waals surface area contributed by atoms with Crippen molar-refractivity contribution in [3.63, 3.8) is 0 Å². The Morgan fingerprint density at radius 2 is 1.76 bits per heavy atom. The number of carbonyl (C=O) groups excluding carboxylic acids is 1. The van der Waals surface area contributed by atoms with Gasteiger partial charge in [0, 0.05) is 18.0 Å². The molecule has 2 rings (SSSR count). The van der Waals surface area contributed by atoms with Gasteiger partial charge in [0.15, 0.2) is 5.78 Å². The van der Waals surface area contributed by atoms with Gasteiger partial charge in [0.05, 0.1) is 4.92 Å². The maximum Gasteiger partial charge on any atom is 0.423 e. The second kappa shape index (κ2) is 5.31. The molecule has 0 unspecified atom stereocenters. The maximum absolute atomic E-state index is 12.8. The normalized spacial score (nSPS) is 11.2. The highest BCUT2D eigenvalue weighted by atomic mass is 19.4. The molecule has 0 atom stereocenters. The number of nitro benzene ring substituents is 1. The highest BCUT2D eigenvalue weighted by Gasteiger charge is 2.40. The molecule has 0 saturated heterocycles. The summed E-state index contributed by atoms with van der Waals surface area (Å²) >= 11 is 0. The number of pyridine rings is 1. The van der Waals surface area contributed by atoms with Gasteiger partial charge in [0.2, 0.25) is 0 Å². The van der Waals surface area contributed by atoms with Gasteiger partial charge >= 0.3 is 6.18 Å². The van der Waals surface area contributed by atoms with E-state index in [1.807, 2.05) is 0 Å². The van der Waals surface area contributed by atoms with Crippen LogP contribution in [-0.4, -0.2) is 15.7 Å². The molecule has 21 heavy (non-hydrogen) atoms. The van der Waals surface area contributed by atoms with Crippen molar-refractivity contribution in [1.29, 1.82) is 0 Å². The van der Waals surface area contributed by atoms with Gasteiger partial charge < -0.3 is 0 Å². The smallest absolute Gasteiger partial charge is 0.288 e. The van der Waals surface area contributed by atoms with Crippen LogP contribution in [0, 0.1) is 10.1 Å². The molecule has 8 heteroatoms. The number of ketones is 1. The summed E-state index contributed by atoms with van der Waals surface area (Å²) < 4.78 is 38.5. The maximum atomic E-state index is 12.8. The molecule has 0 aliphatic carbocycles. The minimum absolute atomic E-state index is 0.0208. The van der Waals surface area contributed by atoms with E-state index >= 15 is 0 Å². The van der Waals surface area contributed by atoms with Crippen molar-refractivity contribution in [2.24, 2.45) is 0 Å². The Morgan fingerprint density at radius 1 is 1.14 bits per heavy atom. The predicted molar refractivity (Wildman–Crippen MR) is 65.8 cm³/mol. The van der Waals surface area contributed by atoms with Crippen LogP contribution in [0.3, 0.4) is 0 Å². The van der Waals surface area contributed by atoms with E-state index in [-0.39, 0.29) is 5.56 Å². The van der Waals surface area contributed by atoms with E-state index < -0.39 is 33.7 Å². The SMILES string of the molecule is O=C(c1ccncc1)c1cccc(C(F)(F)F)c1[N+](=O)[O-]. The molecule has 0 fully saturated rings. The molecule has 5 nitrogen and oxygen atoms in total. The standard InChI is InChI=1S/C13H7F3N2O3/c14-13(15,16)10-3-1-2-9(11(10)18(20)21)12(19)8-4-6-17-7-5-8/h1-7H. The van der Waals surface area contributed by atoms with Crippen LogP contribution in [0.2, 0.25) is 0 Å². The van der Waals surface area contributed by atoms with Gasteiger partial charge in [-0.15, -0.1) is 0 Å². The second-order valence-corrected chi connectivity index (χ2v) is 4.02. The number of carbonyl (C=O) groups is 1. The van der Waals surface area contributed by atoms with Crippen molar-refractivity contribution in [3.8, 4) is 0 Å². The van der Waals surface area contributed by atoms with Crippen molar-refractivity contribution in [1.82, 2.24) is 4.98 Å². The lowest BCUT2D eigenvalue weighted by molar-refractivity contribution is -0.388. The number of nitrogens with zero attached hydrogens (tertiary/aromatic N) is 2. The number of benzene rings is 1. The van der Waals surface area contributed by atoms with Crippen molar-refractivity contribution in [3.05, 3.63) is 69.5 Å². The lowest BCUT2D eigenvalue weighted by Gasteiger charge is -2.10. The van der Waals surface area contributed by atoms with Crippen molar-refractivity contribution in [2.45, 2.75) is 6.18 Å². The number of hydrogen-bond donors (Lipinski definition) is 0. The van der Waals surface area contributed by atoms with E-state index in [4.69, 9.17) is 0 Å². The summed E-state index contributed by atoms with van der Waals surface area (Å²) in [6, 6.07) is 5.07. The van der Waals surface area contributed by atoms with E-state index in [2.05, 4.69) is 4.98 Å². The third-order valence-electron chi connectivity index (χ3n) is 2.71. The highest BCUT2D eigenvalue weighted by molar-refractivity contribution is 6.11. The van der Waals surface area contributed by atoms with Crippen LogP contribution in [-0.2, 0) is 6.18 Å². The van der Waals surface area contributed by atoms with Gasteiger partial charge in [-0.1, -0.05) is 6.07 Å². The van der Waals surface area contributed by atoms with Crippen molar-refractivity contribution in [2.75, 3.05) is 0 Å². The van der Waals surface area contributed by atoms with E-state index in [9.17, 15) is 28.1 Å². The number of hydrogen-bond acceptors (Lipinski definition) is 4. The van der Waals surface area contributed by atoms with Crippen LogP contribution in [0.4, 0.5) is 18.9 Å². The summed E-state index contributed by atoms with van der Waals surface area (Å²) in [5, 5.41) is 11.0. The van der Waals surface area contributed by atoms with Crippen LogP contribution in [0.5, 0.6) is 0 Å². The minimum Gasteiger partial charge on any atom is -0.288 e. The first-order valence-corrected chi connectivity index (χ1v) is 5.61. The molecular formula is C13H7F3N2O3. The Labute approximate surface area is 116 Å². The van der Waals surface area contributed by atoms with Gasteiger partial charge in [-0.3, -0.25) is 19.9 Å². The summed E-state index contributed by atoms with van der Waals surface area (Å²) in [6.45, 7) is 0. The molecule has 0 radical (unpaired) electrons. The first-order valence-electron chi connectivity index (χ1n) is 5.61. The molecule has 1 heterocycles. The lowest BCUT2D eigenvalue weighted by atomic mass is 9.99. The Kier molecular flexibility index (Phi) is 3.70. The van der Waals surface area contributed by atoms with Crippen LogP contribution in [0.15, 0.2) is 42.7 Å². The third-order valence-corrected chi connectivity index (χ3v) is 2.71. The molecule has 0 N–H and O–H groups in total. The number of nitro groups is 1. The Balaban J connectivity index is 2.65. The quantitative estimate of drug-likeness (QED) is 0.495. The zero-order chi connectivity index (χ0) is 15.6. The number of para-hydroxylation sites is 1. The van der Waals surface area contributed by atoms with E-state index in [1.165, 1.54) is 24.5 Å². The van der Waals surface area contributed by atoms with Crippen molar-refractivity contribution >= 4 is 11.5 Å². The van der Waals surface area contributed by atoms with Gasteiger partial charge in [-0.25, -0.2) is 0 Å². The molecular weight excluding hydrogens is 289 g/mol. The number of aromatic nitrogens is 1. The lowest BCUT2D eigenvalue weighted by Crippen LogP contribution is -2.13. The molecule has 0 aliphatic rings. The van der Waals surface area contributed by atoms with Gasteiger partial charge in [0.1, 0.15) is 11.1 Å². The average Bonchev–Trinajstić information content (AvgIpc) is 2.45. The summed E-state index contributed by atoms with van der Waals surface area (Å²) in [5.74, 6) is -0.866. The molecule has 0 spiro atoms. The topological polar surface area (TPSA) is 73.1 Å². The van der Waals surface area contributed by atoms with E-state index in [1.54, 1.807) is 0 Å². The fourth-order valence-electron chi connectivity index (χ4n) is 1.81. The van der Waals surface area contributed by atoms with Crippen LogP contribution in [0.25, 0.3) is 0 Å². The number of alkyl halides is 3. The Morgan fingerprint density at radius 3 is 2.29 bits per heavy atom. The van der Waals surface area contributed by atoms with Crippen LogP contribution >= 0.6 is 0 Å². The highest BCUT2D eigenvalue weighted by Crippen LogP contribution is 2.38. The van der Waals surface area contributed by atoms with E-state index in [0.29, 0.717) is 6.07 Å². The van der Waals surface area contributed by atoms with Gasteiger partial charge in [-0.2, -0.15) is 13.2 Å². The summed E-state index contributed by atoms with van der Waals surface area (Å²) in [7, 11) is 0. The zero-order valence-electron chi connectivity index (χ0n) is 10.3. The molecule has 2 aromatic rings. The second-order valence-electron chi connectivity index (χ2n) is 4.02. The third kappa shape index (κ3) is 2.88. The van der Waals surface area contributed by atoms with Crippen LogP contribution < -0.4 is 0 Å². The number of rotatable bonds is 3. The molecule has 0 aliphatic heterocycles. The first-order chi connectivity index (χ1) is 9.82. The molecule has 1 aromatic heterocycles. The Bertz CT molecular complexity index is 700. The fraction of sp³-hybridized carbons (Fsp3) is 0.0769. The summed E-state index contributed by atoms with van der Waals surface area (Å²) in [4.78, 5) is 25.6. The van der Waals surface area contributed by atoms with Crippen molar-refractivity contribution < 1.29 is 22.9 Å². The minimum atomic E-state index is -4.92.